The number of hydrogen-bond donors (Lipinski definition) is 1. The van der Waals surface area contributed by atoms with Crippen LogP contribution in [0.5, 0.6) is 0 Å². The van der Waals surface area contributed by atoms with E-state index < -0.39 is 0 Å². The van der Waals surface area contributed by atoms with E-state index in [9.17, 15) is 0 Å². The molecule has 0 bridgehead atoms. The molecule has 0 atom stereocenters. The maximum absolute atomic E-state index is 4.58. The first kappa shape index (κ1) is 17.5. The van der Waals surface area contributed by atoms with Crippen molar-refractivity contribution in [3.63, 3.8) is 0 Å². The largest absolute Gasteiger partial charge is 0.369 e. The van der Waals surface area contributed by atoms with Gasteiger partial charge >= 0.3 is 0 Å². The molecule has 0 fully saturated rings. The molecule has 4 rings (SSSR count). The molecule has 1 N–H and O–H groups in total. The van der Waals surface area contributed by atoms with Crippen molar-refractivity contribution >= 4 is 11.6 Å². The third-order valence-electron chi connectivity index (χ3n) is 5.05. The van der Waals surface area contributed by atoms with E-state index in [2.05, 4.69) is 75.4 Å². The first-order valence-electron chi connectivity index (χ1n) is 9.49. The molecule has 0 radical (unpaired) electrons. The molecule has 3 heterocycles. The first-order chi connectivity index (χ1) is 13.2. The van der Waals surface area contributed by atoms with Crippen LogP contribution in [0.15, 0.2) is 48.9 Å². The third kappa shape index (κ3) is 4.08. The molecule has 0 saturated carbocycles. The van der Waals surface area contributed by atoms with Crippen LogP contribution in [0, 0.1) is 13.8 Å². The summed E-state index contributed by atoms with van der Waals surface area (Å²) in [6.07, 6.45) is 5.49. The molecule has 5 nitrogen and oxygen atoms in total. The van der Waals surface area contributed by atoms with E-state index in [-0.39, 0.29) is 0 Å². The van der Waals surface area contributed by atoms with Crippen LogP contribution in [0.4, 0.5) is 11.6 Å². The summed E-state index contributed by atoms with van der Waals surface area (Å²) in [5.74, 6) is 1.96. The number of anilines is 2. The van der Waals surface area contributed by atoms with Crippen LogP contribution >= 0.6 is 0 Å². The fourth-order valence-electron chi connectivity index (χ4n) is 3.42. The second kappa shape index (κ2) is 7.74. The van der Waals surface area contributed by atoms with Gasteiger partial charge in [-0.2, -0.15) is 0 Å². The molecule has 1 aromatic carbocycles. The van der Waals surface area contributed by atoms with Crippen molar-refractivity contribution in [3.8, 4) is 0 Å². The Morgan fingerprint density at radius 1 is 0.963 bits per heavy atom. The highest BCUT2D eigenvalue weighted by molar-refractivity contribution is 5.52. The van der Waals surface area contributed by atoms with Crippen LogP contribution in [0.1, 0.15) is 27.9 Å². The van der Waals surface area contributed by atoms with Gasteiger partial charge in [-0.05, 0) is 37.5 Å². The number of nitrogens with one attached hydrogen (secondary N) is 1. The number of fused-ring (bicyclic) bond motifs is 1. The van der Waals surface area contributed by atoms with E-state index >= 15 is 0 Å². The molecule has 1 aliphatic rings. The van der Waals surface area contributed by atoms with Gasteiger partial charge in [0.15, 0.2) is 0 Å². The molecular formula is C22H25N5. The molecule has 1 aliphatic heterocycles. The predicted molar refractivity (Wildman–Crippen MR) is 109 cm³/mol. The van der Waals surface area contributed by atoms with Crippen LogP contribution in [0.25, 0.3) is 0 Å². The van der Waals surface area contributed by atoms with E-state index in [4.69, 9.17) is 0 Å². The summed E-state index contributed by atoms with van der Waals surface area (Å²) in [6, 6.07) is 12.9. The Kier molecular flexibility index (Phi) is 5.01. The molecule has 138 valence electrons. The Hall–Kier alpha value is -2.95. The topological polar surface area (TPSA) is 53.9 Å². The normalized spacial score (nSPS) is 13.3. The lowest BCUT2D eigenvalue weighted by molar-refractivity contribution is 0.697. The van der Waals surface area contributed by atoms with Gasteiger partial charge in [0.2, 0.25) is 0 Å². The molecule has 0 amide bonds. The van der Waals surface area contributed by atoms with Crippen LogP contribution in [-0.2, 0) is 19.4 Å². The van der Waals surface area contributed by atoms with E-state index in [1.807, 2.05) is 6.20 Å². The Morgan fingerprint density at radius 2 is 1.78 bits per heavy atom. The summed E-state index contributed by atoms with van der Waals surface area (Å²) in [5, 5.41) is 3.52. The van der Waals surface area contributed by atoms with Crippen molar-refractivity contribution in [2.45, 2.75) is 33.2 Å². The Morgan fingerprint density at radius 3 is 2.56 bits per heavy atom. The fraction of sp³-hybridized carbons (Fsp3) is 0.318. The molecule has 5 heteroatoms. The average molecular weight is 359 g/mol. The van der Waals surface area contributed by atoms with Crippen molar-refractivity contribution in [2.75, 3.05) is 23.3 Å². The molecule has 0 saturated heterocycles. The van der Waals surface area contributed by atoms with Gasteiger partial charge in [0, 0.05) is 37.8 Å². The first-order valence-corrected chi connectivity index (χ1v) is 9.49. The summed E-state index contributed by atoms with van der Waals surface area (Å²) in [4.78, 5) is 15.9. The van der Waals surface area contributed by atoms with Crippen molar-refractivity contribution < 1.29 is 0 Å². The number of rotatable bonds is 5. The zero-order valence-corrected chi connectivity index (χ0v) is 15.9. The van der Waals surface area contributed by atoms with Crippen LogP contribution < -0.4 is 10.2 Å². The number of hydrogen-bond acceptors (Lipinski definition) is 5. The standard InChI is InChI=1S/C22H25N5/c1-16-3-6-18(7-4-16)9-11-23-22-19-14-27(12-10-20(19)25-15-26-22)21-8-5-17(2)13-24-21/h3-8,13,15H,9-12,14H2,1-2H3,(H,23,25,26). The average Bonchev–Trinajstić information content (AvgIpc) is 2.70. The van der Waals surface area contributed by atoms with E-state index in [1.54, 1.807) is 6.33 Å². The molecule has 2 aromatic heterocycles. The number of nitrogens with zero attached hydrogens (tertiary/aromatic N) is 4. The lowest BCUT2D eigenvalue weighted by Gasteiger charge is -2.30. The highest BCUT2D eigenvalue weighted by Crippen LogP contribution is 2.26. The number of pyridine rings is 1. The Bertz CT molecular complexity index is 903. The minimum atomic E-state index is 0.791. The van der Waals surface area contributed by atoms with Gasteiger partial charge in [-0.1, -0.05) is 35.9 Å². The number of aromatic nitrogens is 3. The van der Waals surface area contributed by atoms with Gasteiger partial charge in [0.05, 0.1) is 5.69 Å². The number of benzene rings is 1. The molecule has 0 aliphatic carbocycles. The minimum absolute atomic E-state index is 0.791. The highest BCUT2D eigenvalue weighted by Gasteiger charge is 2.21. The Labute approximate surface area is 160 Å². The summed E-state index contributed by atoms with van der Waals surface area (Å²) in [5.41, 5.74) is 6.14. The molecule has 3 aromatic rings. The maximum atomic E-state index is 4.58. The van der Waals surface area contributed by atoms with Crippen molar-refractivity contribution in [3.05, 3.63) is 76.9 Å². The number of aryl methyl sites for hydroxylation is 2. The second-order valence-corrected chi connectivity index (χ2v) is 7.18. The Balaban J connectivity index is 1.46. The van der Waals surface area contributed by atoms with E-state index in [0.717, 1.165) is 49.8 Å². The minimum Gasteiger partial charge on any atom is -0.369 e. The third-order valence-corrected chi connectivity index (χ3v) is 5.05. The molecule has 0 unspecified atom stereocenters. The van der Waals surface area contributed by atoms with Gasteiger partial charge in [-0.15, -0.1) is 0 Å². The maximum Gasteiger partial charge on any atom is 0.134 e. The summed E-state index contributed by atoms with van der Waals surface area (Å²) in [6.45, 7) is 6.76. The van der Waals surface area contributed by atoms with Crippen molar-refractivity contribution in [1.82, 2.24) is 15.0 Å². The van der Waals surface area contributed by atoms with Gasteiger partial charge in [-0.25, -0.2) is 15.0 Å². The highest BCUT2D eigenvalue weighted by atomic mass is 15.2. The SMILES string of the molecule is Cc1ccc(CCNc2ncnc3c2CN(c2ccc(C)cn2)CC3)cc1. The summed E-state index contributed by atoms with van der Waals surface area (Å²) < 4.78 is 0. The van der Waals surface area contributed by atoms with Gasteiger partial charge in [0.1, 0.15) is 18.0 Å². The van der Waals surface area contributed by atoms with Crippen LogP contribution in [0.3, 0.4) is 0 Å². The smallest absolute Gasteiger partial charge is 0.134 e. The molecule has 27 heavy (non-hydrogen) atoms. The predicted octanol–water partition coefficient (Wildman–Crippen LogP) is 3.71. The van der Waals surface area contributed by atoms with Gasteiger partial charge < -0.3 is 10.2 Å². The van der Waals surface area contributed by atoms with Gasteiger partial charge in [-0.3, -0.25) is 0 Å². The monoisotopic (exact) mass is 359 g/mol. The van der Waals surface area contributed by atoms with Crippen molar-refractivity contribution in [1.29, 1.82) is 0 Å². The molecular weight excluding hydrogens is 334 g/mol. The quantitative estimate of drug-likeness (QED) is 0.753. The van der Waals surface area contributed by atoms with Crippen molar-refractivity contribution in [2.24, 2.45) is 0 Å². The lowest BCUT2D eigenvalue weighted by atomic mass is 10.1. The fourth-order valence-corrected chi connectivity index (χ4v) is 3.42. The van der Waals surface area contributed by atoms with Gasteiger partial charge in [0.25, 0.3) is 0 Å². The van der Waals surface area contributed by atoms with Crippen LogP contribution in [0.2, 0.25) is 0 Å². The zero-order valence-electron chi connectivity index (χ0n) is 15.9. The van der Waals surface area contributed by atoms with E-state index in [1.165, 1.54) is 22.3 Å². The lowest BCUT2D eigenvalue weighted by Crippen LogP contribution is -2.32. The van der Waals surface area contributed by atoms with Crippen LogP contribution in [-0.4, -0.2) is 28.0 Å². The zero-order chi connectivity index (χ0) is 18.6. The molecule has 0 spiro atoms. The summed E-state index contributed by atoms with van der Waals surface area (Å²) in [7, 11) is 0. The summed E-state index contributed by atoms with van der Waals surface area (Å²) >= 11 is 0. The van der Waals surface area contributed by atoms with E-state index in [0.29, 0.717) is 0 Å². The second-order valence-electron chi connectivity index (χ2n) is 7.18.